The van der Waals surface area contributed by atoms with Gasteiger partial charge in [-0.2, -0.15) is 0 Å². The van der Waals surface area contributed by atoms with E-state index in [1.807, 2.05) is 31.5 Å². The predicted molar refractivity (Wildman–Crippen MR) is 62.0 cm³/mol. The van der Waals surface area contributed by atoms with E-state index in [9.17, 15) is 0 Å². The van der Waals surface area contributed by atoms with Gasteiger partial charge in [0.05, 0.1) is 6.61 Å². The van der Waals surface area contributed by atoms with Crippen LogP contribution < -0.4 is 0 Å². The number of hydrogen-bond acceptors (Lipinski definition) is 3. The highest BCUT2D eigenvalue weighted by atomic mass is 16.5. The zero-order chi connectivity index (χ0) is 11.2. The van der Waals surface area contributed by atoms with Crippen molar-refractivity contribution in [3.8, 4) is 11.4 Å². The van der Waals surface area contributed by atoms with Gasteiger partial charge in [-0.1, -0.05) is 0 Å². The Bertz CT molecular complexity index is 425. The SMILES string of the molecule is CCOCCn1ccnc1-c1cccnc1. The molecule has 2 heterocycles. The first kappa shape index (κ1) is 10.8. The van der Waals surface area contributed by atoms with Gasteiger partial charge in [-0.05, 0) is 19.1 Å². The van der Waals surface area contributed by atoms with Crippen LogP contribution in [-0.2, 0) is 11.3 Å². The minimum Gasteiger partial charge on any atom is -0.380 e. The minimum absolute atomic E-state index is 0.708. The van der Waals surface area contributed by atoms with Gasteiger partial charge in [-0.3, -0.25) is 4.98 Å². The molecule has 0 fully saturated rings. The first-order chi connectivity index (χ1) is 7.92. The fraction of sp³-hybridized carbons (Fsp3) is 0.333. The fourth-order valence-electron chi connectivity index (χ4n) is 1.55. The van der Waals surface area contributed by atoms with Crippen LogP contribution in [0.15, 0.2) is 36.9 Å². The average Bonchev–Trinajstić information content (AvgIpc) is 2.79. The second-order valence-corrected chi connectivity index (χ2v) is 3.38. The summed E-state index contributed by atoms with van der Waals surface area (Å²) in [7, 11) is 0. The lowest BCUT2D eigenvalue weighted by Gasteiger charge is -2.07. The lowest BCUT2D eigenvalue weighted by atomic mass is 10.3. The van der Waals surface area contributed by atoms with E-state index in [4.69, 9.17) is 4.74 Å². The van der Waals surface area contributed by atoms with Crippen molar-refractivity contribution in [1.82, 2.24) is 14.5 Å². The molecule has 0 atom stereocenters. The van der Waals surface area contributed by atoms with Crippen LogP contribution in [0.25, 0.3) is 11.4 Å². The van der Waals surface area contributed by atoms with Crippen LogP contribution in [-0.4, -0.2) is 27.7 Å². The van der Waals surface area contributed by atoms with E-state index in [-0.39, 0.29) is 0 Å². The molecule has 4 nitrogen and oxygen atoms in total. The van der Waals surface area contributed by atoms with Gasteiger partial charge in [0, 0.05) is 43.5 Å². The van der Waals surface area contributed by atoms with E-state index in [1.54, 1.807) is 12.4 Å². The summed E-state index contributed by atoms with van der Waals surface area (Å²) in [6.45, 7) is 4.27. The van der Waals surface area contributed by atoms with Crippen molar-refractivity contribution in [1.29, 1.82) is 0 Å². The van der Waals surface area contributed by atoms with Crippen LogP contribution in [0.5, 0.6) is 0 Å². The second-order valence-electron chi connectivity index (χ2n) is 3.38. The van der Waals surface area contributed by atoms with Crippen molar-refractivity contribution in [3.63, 3.8) is 0 Å². The second kappa shape index (κ2) is 5.42. The molecule has 84 valence electrons. The van der Waals surface area contributed by atoms with E-state index in [0.29, 0.717) is 6.61 Å². The number of nitrogens with zero attached hydrogens (tertiary/aromatic N) is 3. The van der Waals surface area contributed by atoms with Gasteiger partial charge in [-0.25, -0.2) is 4.98 Å². The Morgan fingerprint density at radius 3 is 3.06 bits per heavy atom. The largest absolute Gasteiger partial charge is 0.380 e. The molecule has 0 bridgehead atoms. The summed E-state index contributed by atoms with van der Waals surface area (Å²) < 4.78 is 7.41. The van der Waals surface area contributed by atoms with Gasteiger partial charge in [-0.15, -0.1) is 0 Å². The zero-order valence-electron chi connectivity index (χ0n) is 9.34. The maximum absolute atomic E-state index is 5.33. The Balaban J connectivity index is 2.13. The highest BCUT2D eigenvalue weighted by Crippen LogP contribution is 2.15. The number of imidazole rings is 1. The highest BCUT2D eigenvalue weighted by molar-refractivity contribution is 5.53. The van der Waals surface area contributed by atoms with Gasteiger partial charge in [0.1, 0.15) is 5.82 Å². The zero-order valence-corrected chi connectivity index (χ0v) is 9.34. The number of aromatic nitrogens is 3. The molecule has 0 amide bonds. The summed E-state index contributed by atoms with van der Waals surface area (Å²) in [5, 5.41) is 0. The Morgan fingerprint density at radius 2 is 2.31 bits per heavy atom. The third kappa shape index (κ3) is 2.46. The Labute approximate surface area is 94.9 Å². The monoisotopic (exact) mass is 217 g/mol. The van der Waals surface area contributed by atoms with Crippen molar-refractivity contribution in [3.05, 3.63) is 36.9 Å². The lowest BCUT2D eigenvalue weighted by molar-refractivity contribution is 0.139. The third-order valence-corrected chi connectivity index (χ3v) is 2.32. The van der Waals surface area contributed by atoms with Crippen LogP contribution >= 0.6 is 0 Å². The van der Waals surface area contributed by atoms with Crippen LogP contribution in [0, 0.1) is 0 Å². The molecular formula is C12H15N3O. The number of ether oxygens (including phenoxy) is 1. The topological polar surface area (TPSA) is 39.9 Å². The molecule has 2 aromatic rings. The molecule has 0 saturated carbocycles. The van der Waals surface area contributed by atoms with Crippen LogP contribution in [0.1, 0.15) is 6.92 Å². The Hall–Kier alpha value is -1.68. The van der Waals surface area contributed by atoms with E-state index < -0.39 is 0 Å². The molecular weight excluding hydrogens is 202 g/mol. The van der Waals surface area contributed by atoms with Crippen molar-refractivity contribution < 1.29 is 4.74 Å². The van der Waals surface area contributed by atoms with E-state index in [2.05, 4.69) is 14.5 Å². The summed E-state index contributed by atoms with van der Waals surface area (Å²) in [5.41, 5.74) is 1.03. The highest BCUT2D eigenvalue weighted by Gasteiger charge is 2.04. The van der Waals surface area contributed by atoms with Gasteiger partial charge in [0.15, 0.2) is 0 Å². The van der Waals surface area contributed by atoms with Crippen LogP contribution in [0.2, 0.25) is 0 Å². The van der Waals surface area contributed by atoms with Gasteiger partial charge in [0.2, 0.25) is 0 Å². The predicted octanol–water partition coefficient (Wildman–Crippen LogP) is 1.98. The van der Waals surface area contributed by atoms with Crippen molar-refractivity contribution in [2.45, 2.75) is 13.5 Å². The van der Waals surface area contributed by atoms with Gasteiger partial charge in [0.25, 0.3) is 0 Å². The lowest BCUT2D eigenvalue weighted by Crippen LogP contribution is -2.06. The molecule has 0 N–H and O–H groups in total. The molecule has 0 aliphatic carbocycles. The fourth-order valence-corrected chi connectivity index (χ4v) is 1.55. The van der Waals surface area contributed by atoms with E-state index in [0.717, 1.165) is 24.5 Å². The molecule has 2 aromatic heterocycles. The van der Waals surface area contributed by atoms with Crippen LogP contribution in [0.3, 0.4) is 0 Å². The molecule has 0 saturated heterocycles. The molecule has 0 spiro atoms. The van der Waals surface area contributed by atoms with Crippen molar-refractivity contribution in [2.75, 3.05) is 13.2 Å². The van der Waals surface area contributed by atoms with Crippen LogP contribution in [0.4, 0.5) is 0 Å². The maximum atomic E-state index is 5.33. The maximum Gasteiger partial charge on any atom is 0.141 e. The molecule has 16 heavy (non-hydrogen) atoms. The quantitative estimate of drug-likeness (QED) is 0.719. The number of hydrogen-bond donors (Lipinski definition) is 0. The summed E-state index contributed by atoms with van der Waals surface area (Å²) >= 11 is 0. The Morgan fingerprint density at radius 1 is 1.38 bits per heavy atom. The van der Waals surface area contributed by atoms with Gasteiger partial charge >= 0.3 is 0 Å². The first-order valence-electron chi connectivity index (χ1n) is 5.41. The molecule has 0 aliphatic rings. The normalized spacial score (nSPS) is 10.6. The summed E-state index contributed by atoms with van der Waals surface area (Å²) in [4.78, 5) is 8.43. The molecule has 0 radical (unpaired) electrons. The third-order valence-electron chi connectivity index (χ3n) is 2.32. The molecule has 0 unspecified atom stereocenters. The Kier molecular flexibility index (Phi) is 3.66. The van der Waals surface area contributed by atoms with Crippen molar-refractivity contribution >= 4 is 0 Å². The molecule has 4 heteroatoms. The molecule has 2 rings (SSSR count). The minimum atomic E-state index is 0.708. The molecule has 0 aliphatic heterocycles. The number of pyridine rings is 1. The smallest absolute Gasteiger partial charge is 0.141 e. The first-order valence-corrected chi connectivity index (χ1v) is 5.41. The summed E-state index contributed by atoms with van der Waals surface area (Å²) in [6.07, 6.45) is 7.34. The van der Waals surface area contributed by atoms with Crippen molar-refractivity contribution in [2.24, 2.45) is 0 Å². The molecule has 0 aromatic carbocycles. The summed E-state index contributed by atoms with van der Waals surface area (Å²) in [5.74, 6) is 0.938. The standard InChI is InChI=1S/C12H15N3O/c1-2-16-9-8-15-7-6-14-12(15)11-4-3-5-13-10-11/h3-7,10H,2,8-9H2,1H3. The van der Waals surface area contributed by atoms with Gasteiger partial charge < -0.3 is 9.30 Å². The number of rotatable bonds is 5. The van der Waals surface area contributed by atoms with E-state index >= 15 is 0 Å². The van der Waals surface area contributed by atoms with E-state index in [1.165, 1.54) is 0 Å². The summed E-state index contributed by atoms with van der Waals surface area (Å²) in [6, 6.07) is 3.92. The average molecular weight is 217 g/mol.